The van der Waals surface area contributed by atoms with Gasteiger partial charge in [0.1, 0.15) is 5.56 Å². The van der Waals surface area contributed by atoms with Crippen LogP contribution in [-0.4, -0.2) is 5.78 Å². The van der Waals surface area contributed by atoms with Crippen LogP contribution in [0.3, 0.4) is 0 Å². The standard InChI is InChI=1S/C20H8Br2Cl2O5/c21-14-6-11(23)2-8-1-10(19(26)28-17(8)14)5-16(25)13-4-9-3-12(24)7-15(22)18(9)29-20(13)27/h1-4,6-7H,5H2. The Balaban J connectivity index is 1.78. The Morgan fingerprint density at radius 3 is 1.90 bits per heavy atom. The number of ketones is 1. The maximum absolute atomic E-state index is 12.8. The average molecular weight is 559 g/mol. The van der Waals surface area contributed by atoms with Gasteiger partial charge in [0.15, 0.2) is 16.9 Å². The van der Waals surface area contributed by atoms with Crippen LogP contribution in [0.15, 0.2) is 63.8 Å². The van der Waals surface area contributed by atoms with Gasteiger partial charge >= 0.3 is 11.3 Å². The lowest BCUT2D eigenvalue weighted by molar-refractivity contribution is 0.0988. The molecule has 2 heterocycles. The Hall–Kier alpha value is -1.93. The van der Waals surface area contributed by atoms with Crippen LogP contribution in [0.5, 0.6) is 0 Å². The lowest BCUT2D eigenvalue weighted by Gasteiger charge is -2.05. The molecule has 0 spiro atoms. The van der Waals surface area contributed by atoms with Gasteiger partial charge in [0.25, 0.3) is 0 Å². The van der Waals surface area contributed by atoms with Crippen molar-refractivity contribution in [1.29, 1.82) is 0 Å². The summed E-state index contributed by atoms with van der Waals surface area (Å²) in [5, 5.41) is 1.88. The van der Waals surface area contributed by atoms with E-state index in [4.69, 9.17) is 32.0 Å². The molecule has 0 radical (unpaired) electrons. The average Bonchev–Trinajstić information content (AvgIpc) is 2.63. The fraction of sp³-hybridized carbons (Fsp3) is 0.0500. The van der Waals surface area contributed by atoms with Crippen LogP contribution in [-0.2, 0) is 6.42 Å². The highest BCUT2D eigenvalue weighted by Crippen LogP contribution is 2.29. The molecule has 5 nitrogen and oxygen atoms in total. The summed E-state index contributed by atoms with van der Waals surface area (Å²) in [5.41, 5.74) is -0.964. The third-order valence-corrected chi connectivity index (χ3v) is 5.84. The molecule has 2 aromatic carbocycles. The van der Waals surface area contributed by atoms with Crippen molar-refractivity contribution < 1.29 is 13.6 Å². The van der Waals surface area contributed by atoms with Gasteiger partial charge in [-0.1, -0.05) is 23.2 Å². The van der Waals surface area contributed by atoms with Gasteiger partial charge in [0, 0.05) is 32.8 Å². The molecule has 0 amide bonds. The van der Waals surface area contributed by atoms with Gasteiger partial charge in [0.2, 0.25) is 0 Å². The van der Waals surface area contributed by atoms with E-state index in [0.29, 0.717) is 35.3 Å². The SMILES string of the molecule is O=C(Cc1cc2cc(Cl)cc(Br)c2oc1=O)c1cc2cc(Cl)cc(Br)c2oc1=O. The van der Waals surface area contributed by atoms with Gasteiger partial charge in [-0.2, -0.15) is 0 Å². The normalized spacial score (nSPS) is 11.3. The number of hydrogen-bond donors (Lipinski definition) is 0. The summed E-state index contributed by atoms with van der Waals surface area (Å²) in [5.74, 6) is -0.579. The quantitative estimate of drug-likeness (QED) is 0.222. The number of benzene rings is 2. The first kappa shape index (κ1) is 20.3. The summed E-state index contributed by atoms with van der Waals surface area (Å²) in [6.45, 7) is 0. The number of carbonyl (C=O) groups is 1. The number of carbonyl (C=O) groups excluding carboxylic acids is 1. The minimum absolute atomic E-state index is 0.100. The fourth-order valence-corrected chi connectivity index (χ4v) is 4.77. The third-order valence-electron chi connectivity index (χ3n) is 4.23. The molecular formula is C20H8Br2Cl2O5. The molecule has 146 valence electrons. The molecule has 9 heteroatoms. The van der Waals surface area contributed by atoms with E-state index in [9.17, 15) is 14.4 Å². The molecule has 4 aromatic rings. The van der Waals surface area contributed by atoms with Crippen molar-refractivity contribution in [3.63, 3.8) is 0 Å². The molecule has 0 bridgehead atoms. The maximum Gasteiger partial charge on any atom is 0.347 e. The van der Waals surface area contributed by atoms with Gasteiger partial charge < -0.3 is 8.83 Å². The van der Waals surface area contributed by atoms with E-state index < -0.39 is 17.0 Å². The second kappa shape index (κ2) is 7.72. The monoisotopic (exact) mass is 556 g/mol. The molecule has 0 unspecified atom stereocenters. The number of fused-ring (bicyclic) bond motifs is 2. The largest absolute Gasteiger partial charge is 0.421 e. The van der Waals surface area contributed by atoms with Crippen molar-refractivity contribution in [3.8, 4) is 0 Å². The molecule has 4 rings (SSSR count). The second-order valence-corrected chi connectivity index (χ2v) is 8.80. The minimum atomic E-state index is -0.804. The Labute approximate surface area is 189 Å². The van der Waals surface area contributed by atoms with Gasteiger partial charge in [0.05, 0.1) is 8.95 Å². The van der Waals surface area contributed by atoms with Gasteiger partial charge in [-0.3, -0.25) is 4.79 Å². The van der Waals surface area contributed by atoms with E-state index in [0.717, 1.165) is 0 Å². The smallest absolute Gasteiger partial charge is 0.347 e. The van der Waals surface area contributed by atoms with Crippen molar-refractivity contribution >= 4 is 82.8 Å². The van der Waals surface area contributed by atoms with E-state index in [2.05, 4.69) is 31.9 Å². The van der Waals surface area contributed by atoms with Crippen molar-refractivity contribution in [2.45, 2.75) is 6.42 Å². The van der Waals surface area contributed by atoms with E-state index in [1.807, 2.05) is 0 Å². The molecule has 0 aliphatic carbocycles. The van der Waals surface area contributed by atoms with E-state index >= 15 is 0 Å². The molecule has 29 heavy (non-hydrogen) atoms. The molecule has 0 saturated carbocycles. The number of halogens is 4. The minimum Gasteiger partial charge on any atom is -0.421 e. The van der Waals surface area contributed by atoms with Gasteiger partial charge in [-0.15, -0.1) is 0 Å². The Kier molecular flexibility index (Phi) is 5.42. The van der Waals surface area contributed by atoms with E-state index in [-0.39, 0.29) is 23.1 Å². The molecule has 0 fully saturated rings. The summed E-state index contributed by atoms with van der Waals surface area (Å²) in [7, 11) is 0. The van der Waals surface area contributed by atoms with Crippen molar-refractivity contribution in [1.82, 2.24) is 0 Å². The van der Waals surface area contributed by atoms with E-state index in [1.54, 1.807) is 24.3 Å². The summed E-state index contributed by atoms with van der Waals surface area (Å²) < 4.78 is 11.6. The predicted molar refractivity (Wildman–Crippen MR) is 118 cm³/mol. The third kappa shape index (κ3) is 3.92. The lowest BCUT2D eigenvalue weighted by atomic mass is 10.0. The zero-order valence-electron chi connectivity index (χ0n) is 14.2. The van der Waals surface area contributed by atoms with Crippen LogP contribution in [0.1, 0.15) is 15.9 Å². The number of rotatable bonds is 3. The molecule has 2 aromatic heterocycles. The van der Waals surface area contributed by atoms with Crippen molar-refractivity contribution in [2.24, 2.45) is 0 Å². The first-order valence-corrected chi connectivity index (χ1v) is 10.4. The first-order valence-electron chi connectivity index (χ1n) is 8.11. The van der Waals surface area contributed by atoms with Crippen LogP contribution in [0.2, 0.25) is 10.0 Å². The molecule has 0 atom stereocenters. The maximum atomic E-state index is 12.8. The molecule has 0 N–H and O–H groups in total. The highest BCUT2D eigenvalue weighted by atomic mass is 79.9. The van der Waals surface area contributed by atoms with Crippen LogP contribution < -0.4 is 11.3 Å². The number of hydrogen-bond acceptors (Lipinski definition) is 5. The summed E-state index contributed by atoms with van der Waals surface area (Å²) in [4.78, 5) is 37.4. The molecular weight excluding hydrogens is 551 g/mol. The van der Waals surface area contributed by atoms with Crippen LogP contribution in [0.4, 0.5) is 0 Å². The fourth-order valence-electron chi connectivity index (χ4n) is 2.94. The first-order chi connectivity index (χ1) is 13.7. The summed E-state index contributed by atoms with van der Waals surface area (Å²) in [6, 6.07) is 9.29. The molecule has 0 aliphatic rings. The highest BCUT2D eigenvalue weighted by molar-refractivity contribution is 9.11. The Morgan fingerprint density at radius 2 is 1.31 bits per heavy atom. The van der Waals surface area contributed by atoms with E-state index in [1.165, 1.54) is 12.1 Å². The lowest BCUT2D eigenvalue weighted by Crippen LogP contribution is -2.19. The van der Waals surface area contributed by atoms with Crippen LogP contribution in [0, 0.1) is 0 Å². The topological polar surface area (TPSA) is 77.5 Å². The second-order valence-electron chi connectivity index (χ2n) is 6.22. The zero-order chi connectivity index (χ0) is 20.9. The summed E-state index contributed by atoms with van der Waals surface area (Å²) in [6.07, 6.45) is -0.333. The van der Waals surface area contributed by atoms with Crippen molar-refractivity contribution in [2.75, 3.05) is 0 Å². The van der Waals surface area contributed by atoms with Crippen molar-refractivity contribution in [3.05, 3.63) is 87.4 Å². The highest BCUT2D eigenvalue weighted by Gasteiger charge is 2.19. The van der Waals surface area contributed by atoms with Gasteiger partial charge in [-0.05, 0) is 68.3 Å². The van der Waals surface area contributed by atoms with Gasteiger partial charge in [-0.25, -0.2) is 9.59 Å². The molecule has 0 saturated heterocycles. The predicted octanol–water partition coefficient (Wildman–Crippen LogP) is 6.16. The van der Waals surface area contributed by atoms with Crippen LogP contribution in [0.25, 0.3) is 21.9 Å². The zero-order valence-corrected chi connectivity index (χ0v) is 18.9. The molecule has 0 aliphatic heterocycles. The Morgan fingerprint density at radius 1 is 0.793 bits per heavy atom. The number of Topliss-reactive ketones (excluding diaryl/α,β-unsaturated/α-hetero) is 1. The van der Waals surface area contributed by atoms with Crippen LogP contribution >= 0.6 is 55.1 Å². The Bertz CT molecular complexity index is 1440. The summed E-state index contributed by atoms with van der Waals surface area (Å²) >= 11 is 18.6.